The highest BCUT2D eigenvalue weighted by Crippen LogP contribution is 2.22. The number of likely N-dealkylation sites (tertiary alicyclic amines) is 1. The number of hydrogen-bond donors (Lipinski definition) is 2. The van der Waals surface area contributed by atoms with Crippen molar-refractivity contribution in [3.63, 3.8) is 0 Å². The number of nitrogens with zero attached hydrogens (tertiary/aromatic N) is 2. The molecule has 0 saturated carbocycles. The van der Waals surface area contributed by atoms with Crippen molar-refractivity contribution in [3.05, 3.63) is 41.6 Å². The van der Waals surface area contributed by atoms with E-state index in [1.807, 2.05) is 33.0 Å². The van der Waals surface area contributed by atoms with E-state index >= 15 is 0 Å². The molecular weight excluding hydrogens is 316 g/mol. The molecule has 6 heteroatoms. The number of carbonyl (C=O) groups excluding carboxylic acids is 1. The second-order valence-corrected chi connectivity index (χ2v) is 7.60. The molecule has 0 bridgehead atoms. The Morgan fingerprint density at radius 2 is 2.16 bits per heavy atom. The van der Waals surface area contributed by atoms with Gasteiger partial charge in [0.1, 0.15) is 5.60 Å². The van der Waals surface area contributed by atoms with Crippen LogP contribution in [0.2, 0.25) is 0 Å². The van der Waals surface area contributed by atoms with Crippen LogP contribution in [0.15, 0.2) is 30.5 Å². The van der Waals surface area contributed by atoms with E-state index in [0.29, 0.717) is 19.6 Å². The molecular formula is C19H26N4O2. The second kappa shape index (κ2) is 6.88. The molecule has 1 aliphatic rings. The molecule has 1 saturated heterocycles. The number of rotatable bonds is 4. The van der Waals surface area contributed by atoms with Crippen molar-refractivity contribution in [3.8, 4) is 11.3 Å². The minimum absolute atomic E-state index is 0.241. The summed E-state index contributed by atoms with van der Waals surface area (Å²) in [5.74, 6) is 0. The van der Waals surface area contributed by atoms with Gasteiger partial charge < -0.3 is 15.0 Å². The Morgan fingerprint density at radius 3 is 2.84 bits per heavy atom. The molecule has 2 heterocycles. The molecule has 0 unspecified atom stereocenters. The fourth-order valence-electron chi connectivity index (χ4n) is 2.83. The Hall–Kier alpha value is -2.34. The molecule has 3 rings (SSSR count). The van der Waals surface area contributed by atoms with Crippen molar-refractivity contribution in [2.75, 3.05) is 13.1 Å². The Balaban J connectivity index is 1.52. The van der Waals surface area contributed by atoms with Gasteiger partial charge in [0, 0.05) is 36.8 Å². The summed E-state index contributed by atoms with van der Waals surface area (Å²) in [6.07, 6.45) is 1.61. The van der Waals surface area contributed by atoms with Gasteiger partial charge >= 0.3 is 6.09 Å². The summed E-state index contributed by atoms with van der Waals surface area (Å²) < 4.78 is 5.37. The summed E-state index contributed by atoms with van der Waals surface area (Å²) in [4.78, 5) is 13.7. The zero-order valence-electron chi connectivity index (χ0n) is 15.3. The Kier molecular flexibility index (Phi) is 4.81. The summed E-state index contributed by atoms with van der Waals surface area (Å²) in [6.45, 7) is 9.79. The zero-order valence-corrected chi connectivity index (χ0v) is 15.3. The number of aryl methyl sites for hydroxylation is 1. The second-order valence-electron chi connectivity index (χ2n) is 7.60. The molecule has 0 atom stereocenters. The summed E-state index contributed by atoms with van der Waals surface area (Å²) in [5.41, 5.74) is 4.08. The number of aromatic nitrogens is 2. The number of ether oxygens (including phenoxy) is 1. The maximum atomic E-state index is 12.0. The van der Waals surface area contributed by atoms with Crippen LogP contribution in [-0.2, 0) is 11.3 Å². The van der Waals surface area contributed by atoms with Crippen LogP contribution in [0.25, 0.3) is 11.3 Å². The molecule has 2 N–H and O–H groups in total. The molecule has 0 aliphatic carbocycles. The number of aromatic amines is 1. The van der Waals surface area contributed by atoms with E-state index in [2.05, 4.69) is 40.6 Å². The summed E-state index contributed by atoms with van der Waals surface area (Å²) >= 11 is 0. The van der Waals surface area contributed by atoms with Gasteiger partial charge in [-0.15, -0.1) is 0 Å². The van der Waals surface area contributed by atoms with E-state index in [1.165, 1.54) is 5.56 Å². The van der Waals surface area contributed by atoms with Gasteiger partial charge in [-0.3, -0.25) is 5.10 Å². The van der Waals surface area contributed by atoms with E-state index in [4.69, 9.17) is 4.74 Å². The van der Waals surface area contributed by atoms with Crippen LogP contribution in [0, 0.1) is 6.92 Å². The fourth-order valence-corrected chi connectivity index (χ4v) is 2.83. The standard InChI is InChI=1S/C19H26N4O2/c1-13-6-5-7-14(8-13)17-15(10-21-22-17)9-20-16-11-23(12-16)18(24)25-19(2,3)4/h5-8,10,16,20H,9,11-12H2,1-4H3,(H,21,22). The van der Waals surface area contributed by atoms with Crippen molar-refractivity contribution in [1.82, 2.24) is 20.4 Å². The largest absolute Gasteiger partial charge is 0.444 e. The van der Waals surface area contributed by atoms with Crippen LogP contribution in [0.3, 0.4) is 0 Å². The highest BCUT2D eigenvalue weighted by molar-refractivity contribution is 5.69. The summed E-state index contributed by atoms with van der Waals surface area (Å²) in [5, 5.41) is 10.8. The number of hydrogen-bond acceptors (Lipinski definition) is 4. The number of nitrogens with one attached hydrogen (secondary N) is 2. The molecule has 2 aromatic rings. The third-order valence-electron chi connectivity index (χ3n) is 4.14. The van der Waals surface area contributed by atoms with Crippen molar-refractivity contribution >= 4 is 6.09 Å². The lowest BCUT2D eigenvalue weighted by molar-refractivity contribution is 0.00519. The van der Waals surface area contributed by atoms with E-state index in [-0.39, 0.29) is 12.1 Å². The molecule has 0 radical (unpaired) electrons. The minimum Gasteiger partial charge on any atom is -0.444 e. The molecule has 1 amide bonds. The first-order valence-corrected chi connectivity index (χ1v) is 8.62. The van der Waals surface area contributed by atoms with Crippen LogP contribution in [0.1, 0.15) is 31.9 Å². The fraction of sp³-hybridized carbons (Fsp3) is 0.474. The lowest BCUT2D eigenvalue weighted by atomic mass is 10.0. The molecule has 6 nitrogen and oxygen atoms in total. The molecule has 0 spiro atoms. The van der Waals surface area contributed by atoms with E-state index in [9.17, 15) is 4.79 Å². The third kappa shape index (κ3) is 4.39. The van der Waals surface area contributed by atoms with E-state index in [1.54, 1.807) is 4.90 Å². The van der Waals surface area contributed by atoms with Gasteiger partial charge in [-0.2, -0.15) is 5.10 Å². The first-order valence-electron chi connectivity index (χ1n) is 8.62. The predicted molar refractivity (Wildman–Crippen MR) is 97.2 cm³/mol. The molecule has 1 aromatic carbocycles. The van der Waals surface area contributed by atoms with Gasteiger partial charge in [-0.25, -0.2) is 4.79 Å². The predicted octanol–water partition coefficient (Wildman–Crippen LogP) is 3.09. The number of benzene rings is 1. The number of amides is 1. The van der Waals surface area contributed by atoms with Crippen LogP contribution < -0.4 is 5.32 Å². The van der Waals surface area contributed by atoms with Crippen LogP contribution >= 0.6 is 0 Å². The smallest absolute Gasteiger partial charge is 0.410 e. The average molecular weight is 342 g/mol. The maximum Gasteiger partial charge on any atom is 0.410 e. The minimum atomic E-state index is -0.449. The van der Waals surface area contributed by atoms with E-state index < -0.39 is 5.60 Å². The van der Waals surface area contributed by atoms with Crippen molar-refractivity contribution < 1.29 is 9.53 Å². The van der Waals surface area contributed by atoms with Gasteiger partial charge in [-0.05, 0) is 33.8 Å². The van der Waals surface area contributed by atoms with Crippen LogP contribution in [-0.4, -0.2) is 45.9 Å². The Morgan fingerprint density at radius 1 is 1.40 bits per heavy atom. The van der Waals surface area contributed by atoms with Gasteiger partial charge in [-0.1, -0.05) is 23.8 Å². The van der Waals surface area contributed by atoms with Gasteiger partial charge in [0.05, 0.1) is 11.9 Å². The quantitative estimate of drug-likeness (QED) is 0.896. The van der Waals surface area contributed by atoms with E-state index in [0.717, 1.165) is 16.8 Å². The van der Waals surface area contributed by atoms with Crippen LogP contribution in [0.4, 0.5) is 4.79 Å². The van der Waals surface area contributed by atoms with Gasteiger partial charge in [0.25, 0.3) is 0 Å². The Labute approximate surface area is 148 Å². The summed E-state index contributed by atoms with van der Waals surface area (Å²) in [7, 11) is 0. The maximum absolute atomic E-state index is 12.0. The lowest BCUT2D eigenvalue weighted by Gasteiger charge is -2.40. The molecule has 1 fully saturated rings. The normalized spacial score (nSPS) is 15.1. The third-order valence-corrected chi connectivity index (χ3v) is 4.14. The van der Waals surface area contributed by atoms with Crippen LogP contribution in [0.5, 0.6) is 0 Å². The first-order chi connectivity index (χ1) is 11.8. The monoisotopic (exact) mass is 342 g/mol. The van der Waals surface area contributed by atoms with Crippen molar-refractivity contribution in [2.24, 2.45) is 0 Å². The molecule has 25 heavy (non-hydrogen) atoms. The van der Waals surface area contributed by atoms with Crippen molar-refractivity contribution in [2.45, 2.75) is 45.9 Å². The highest BCUT2D eigenvalue weighted by Gasteiger charge is 2.33. The average Bonchev–Trinajstić information content (AvgIpc) is 2.92. The topological polar surface area (TPSA) is 70.2 Å². The molecule has 1 aliphatic heterocycles. The number of carbonyl (C=O) groups is 1. The number of H-pyrrole nitrogens is 1. The first kappa shape index (κ1) is 17.5. The Bertz CT molecular complexity index is 742. The van der Waals surface area contributed by atoms with Gasteiger partial charge in [0.15, 0.2) is 0 Å². The molecule has 134 valence electrons. The SMILES string of the molecule is Cc1cccc(-c2[nH]ncc2CNC2CN(C(=O)OC(C)(C)C)C2)c1. The highest BCUT2D eigenvalue weighted by atomic mass is 16.6. The van der Waals surface area contributed by atoms with Crippen molar-refractivity contribution in [1.29, 1.82) is 0 Å². The van der Waals surface area contributed by atoms with Gasteiger partial charge in [0.2, 0.25) is 0 Å². The zero-order chi connectivity index (χ0) is 18.0. The molecule has 1 aromatic heterocycles. The lowest BCUT2D eigenvalue weighted by Crippen LogP contribution is -2.60. The summed E-state index contributed by atoms with van der Waals surface area (Å²) in [6, 6.07) is 8.64.